The topological polar surface area (TPSA) is 73.1 Å². The Morgan fingerprint density at radius 3 is 2.43 bits per heavy atom. The summed E-state index contributed by atoms with van der Waals surface area (Å²) in [7, 11) is 2.86. The summed E-state index contributed by atoms with van der Waals surface area (Å²) in [5.74, 6) is -0.414. The van der Waals surface area contributed by atoms with Crippen LogP contribution in [0.4, 0.5) is 0 Å². The van der Waals surface area contributed by atoms with Gasteiger partial charge in [-0.3, -0.25) is 18.7 Å². The van der Waals surface area contributed by atoms with Gasteiger partial charge in [-0.2, -0.15) is 0 Å². The maximum absolute atomic E-state index is 12.3. The van der Waals surface area contributed by atoms with E-state index < -0.39 is 17.2 Å². The highest BCUT2D eigenvalue weighted by atomic mass is 16.2. The van der Waals surface area contributed by atoms with Crippen LogP contribution in [0.3, 0.4) is 0 Å². The monoisotopic (exact) mass is 315 g/mol. The number of benzene rings is 1. The Labute approximate surface area is 134 Å². The first-order valence-corrected chi connectivity index (χ1v) is 7.52. The third kappa shape index (κ3) is 3.97. The molecule has 122 valence electrons. The summed E-state index contributed by atoms with van der Waals surface area (Å²) in [6.45, 7) is 1.90. The van der Waals surface area contributed by atoms with Crippen LogP contribution >= 0.6 is 0 Å². The van der Waals surface area contributed by atoms with Gasteiger partial charge in [0.15, 0.2) is 0 Å². The van der Waals surface area contributed by atoms with Gasteiger partial charge in [-0.05, 0) is 25.3 Å². The number of hydrogen-bond donors (Lipinski definition) is 1. The lowest BCUT2D eigenvalue weighted by Gasteiger charge is -2.15. The Bertz CT molecular complexity index is 806. The van der Waals surface area contributed by atoms with Crippen LogP contribution < -0.4 is 16.6 Å². The summed E-state index contributed by atoms with van der Waals surface area (Å²) in [6.07, 6.45) is 1.62. The Hall–Kier alpha value is -2.63. The molecule has 0 aliphatic heterocycles. The first-order valence-electron chi connectivity index (χ1n) is 7.52. The van der Waals surface area contributed by atoms with Gasteiger partial charge in [-0.25, -0.2) is 4.79 Å². The molecule has 0 unspecified atom stereocenters. The van der Waals surface area contributed by atoms with Crippen LogP contribution in [0, 0.1) is 0 Å². The van der Waals surface area contributed by atoms with E-state index in [1.165, 1.54) is 30.3 Å². The third-order valence-electron chi connectivity index (χ3n) is 3.84. The van der Waals surface area contributed by atoms with Crippen LogP contribution in [0.15, 0.2) is 46.0 Å². The SMILES string of the molecule is C[C@H](CCc1ccccc1)NC(=O)c1cc(=O)n(C)c(=O)n1C. The molecule has 2 rings (SSSR count). The number of carbonyl (C=O) groups excluding carboxylic acids is 1. The first-order chi connectivity index (χ1) is 10.9. The number of aryl methyl sites for hydroxylation is 1. The van der Waals surface area contributed by atoms with Crippen LogP contribution in [0.5, 0.6) is 0 Å². The summed E-state index contributed by atoms with van der Waals surface area (Å²) >= 11 is 0. The van der Waals surface area contributed by atoms with Gasteiger partial charge < -0.3 is 5.32 Å². The first kappa shape index (κ1) is 16.7. The largest absolute Gasteiger partial charge is 0.348 e. The van der Waals surface area contributed by atoms with Crippen molar-refractivity contribution in [3.8, 4) is 0 Å². The van der Waals surface area contributed by atoms with Gasteiger partial charge in [0.25, 0.3) is 11.5 Å². The molecule has 0 saturated carbocycles. The molecule has 1 atom stereocenters. The molecule has 1 heterocycles. The zero-order chi connectivity index (χ0) is 17.0. The number of carbonyl (C=O) groups is 1. The van der Waals surface area contributed by atoms with Crippen LogP contribution in [-0.4, -0.2) is 21.1 Å². The van der Waals surface area contributed by atoms with Gasteiger partial charge in [0.2, 0.25) is 0 Å². The fourth-order valence-corrected chi connectivity index (χ4v) is 2.35. The maximum atomic E-state index is 12.3. The van der Waals surface area contributed by atoms with Crippen molar-refractivity contribution in [3.05, 3.63) is 68.5 Å². The lowest BCUT2D eigenvalue weighted by atomic mass is 10.1. The highest BCUT2D eigenvalue weighted by molar-refractivity contribution is 5.92. The smallest absolute Gasteiger partial charge is 0.331 e. The van der Waals surface area contributed by atoms with E-state index in [1.54, 1.807) is 0 Å². The van der Waals surface area contributed by atoms with Gasteiger partial charge in [-0.15, -0.1) is 0 Å². The molecule has 0 bridgehead atoms. The van der Waals surface area contributed by atoms with Crippen molar-refractivity contribution < 1.29 is 4.79 Å². The fourth-order valence-electron chi connectivity index (χ4n) is 2.35. The standard InChI is InChI=1S/C17H21N3O3/c1-12(9-10-13-7-5-4-6-8-13)18-16(22)14-11-15(21)20(3)17(23)19(14)2/h4-8,11-12H,9-10H2,1-3H3,(H,18,22)/t12-/m1/s1. The molecule has 0 aliphatic rings. The van der Waals surface area contributed by atoms with Crippen molar-refractivity contribution in [2.75, 3.05) is 0 Å². The van der Waals surface area contributed by atoms with Crippen LogP contribution in [-0.2, 0) is 20.5 Å². The van der Waals surface area contributed by atoms with Gasteiger partial charge >= 0.3 is 5.69 Å². The molecular formula is C17H21N3O3. The van der Waals surface area contributed by atoms with Gasteiger partial charge in [0.05, 0.1) is 0 Å². The second-order valence-corrected chi connectivity index (χ2v) is 5.67. The van der Waals surface area contributed by atoms with Gasteiger partial charge in [0, 0.05) is 26.2 Å². The van der Waals surface area contributed by atoms with Crippen molar-refractivity contribution in [2.24, 2.45) is 14.1 Å². The maximum Gasteiger partial charge on any atom is 0.331 e. The van der Waals surface area contributed by atoms with Crippen LogP contribution in [0.25, 0.3) is 0 Å². The van der Waals surface area contributed by atoms with Crippen molar-refractivity contribution in [2.45, 2.75) is 25.8 Å². The average Bonchev–Trinajstić information content (AvgIpc) is 2.55. The molecule has 0 aliphatic carbocycles. The second kappa shape index (κ2) is 7.09. The Morgan fingerprint density at radius 2 is 1.78 bits per heavy atom. The van der Waals surface area contributed by atoms with E-state index in [-0.39, 0.29) is 11.7 Å². The lowest BCUT2D eigenvalue weighted by molar-refractivity contribution is 0.0928. The minimum atomic E-state index is -0.514. The molecule has 6 heteroatoms. The van der Waals surface area contributed by atoms with E-state index in [4.69, 9.17) is 0 Å². The zero-order valence-corrected chi connectivity index (χ0v) is 13.6. The molecule has 0 radical (unpaired) electrons. The van der Waals surface area contributed by atoms with Crippen LogP contribution in [0.2, 0.25) is 0 Å². The number of hydrogen-bond acceptors (Lipinski definition) is 3. The molecule has 1 N–H and O–H groups in total. The summed E-state index contributed by atoms with van der Waals surface area (Å²) in [4.78, 5) is 35.8. The van der Waals surface area contributed by atoms with E-state index in [2.05, 4.69) is 5.32 Å². The molecule has 0 saturated heterocycles. The Morgan fingerprint density at radius 1 is 1.13 bits per heavy atom. The summed E-state index contributed by atoms with van der Waals surface area (Å²) in [5.41, 5.74) is 0.272. The molecule has 0 spiro atoms. The molecule has 1 amide bonds. The molecule has 1 aromatic carbocycles. The minimum absolute atomic E-state index is 0.0677. The number of nitrogens with zero attached hydrogens (tertiary/aromatic N) is 2. The molecule has 0 fully saturated rings. The lowest BCUT2D eigenvalue weighted by Crippen LogP contribution is -2.42. The highest BCUT2D eigenvalue weighted by Crippen LogP contribution is 2.05. The normalized spacial score (nSPS) is 12.0. The summed E-state index contributed by atoms with van der Waals surface area (Å²) in [6, 6.07) is 11.1. The average molecular weight is 315 g/mol. The van der Waals surface area contributed by atoms with E-state index in [1.807, 2.05) is 37.3 Å². The Kier molecular flexibility index (Phi) is 5.16. The van der Waals surface area contributed by atoms with E-state index in [0.717, 1.165) is 17.4 Å². The molecular weight excluding hydrogens is 294 g/mol. The fraction of sp³-hybridized carbons (Fsp3) is 0.353. The highest BCUT2D eigenvalue weighted by Gasteiger charge is 2.15. The predicted octanol–water partition coefficient (Wildman–Crippen LogP) is 0.835. The van der Waals surface area contributed by atoms with Gasteiger partial charge in [-0.1, -0.05) is 30.3 Å². The van der Waals surface area contributed by atoms with E-state index in [9.17, 15) is 14.4 Å². The molecule has 6 nitrogen and oxygen atoms in total. The predicted molar refractivity (Wildman–Crippen MR) is 88.6 cm³/mol. The van der Waals surface area contributed by atoms with Crippen LogP contribution in [0.1, 0.15) is 29.4 Å². The summed E-state index contributed by atoms with van der Waals surface area (Å²) in [5, 5.41) is 2.83. The Balaban J connectivity index is 2.04. The number of aromatic nitrogens is 2. The van der Waals surface area contributed by atoms with E-state index in [0.29, 0.717) is 0 Å². The quantitative estimate of drug-likeness (QED) is 0.888. The van der Waals surface area contributed by atoms with Crippen molar-refractivity contribution in [3.63, 3.8) is 0 Å². The van der Waals surface area contributed by atoms with E-state index >= 15 is 0 Å². The minimum Gasteiger partial charge on any atom is -0.348 e. The van der Waals surface area contributed by atoms with Crippen molar-refractivity contribution in [1.29, 1.82) is 0 Å². The summed E-state index contributed by atoms with van der Waals surface area (Å²) < 4.78 is 2.15. The van der Waals surface area contributed by atoms with Crippen molar-refractivity contribution >= 4 is 5.91 Å². The molecule has 23 heavy (non-hydrogen) atoms. The third-order valence-corrected chi connectivity index (χ3v) is 3.84. The number of amides is 1. The second-order valence-electron chi connectivity index (χ2n) is 5.67. The number of rotatable bonds is 5. The zero-order valence-electron chi connectivity index (χ0n) is 13.6. The number of nitrogens with one attached hydrogen (secondary N) is 1. The molecule has 2 aromatic rings. The molecule has 1 aromatic heterocycles. The van der Waals surface area contributed by atoms with Crippen molar-refractivity contribution in [1.82, 2.24) is 14.5 Å². The van der Waals surface area contributed by atoms with Gasteiger partial charge in [0.1, 0.15) is 5.69 Å².